The fourth-order valence-corrected chi connectivity index (χ4v) is 4.55. The first-order chi connectivity index (χ1) is 9.43. The van der Waals surface area contributed by atoms with E-state index < -0.39 is 10.0 Å². The molecule has 2 N–H and O–H groups in total. The van der Waals surface area contributed by atoms with Gasteiger partial charge in [-0.25, -0.2) is 8.42 Å². The minimum absolute atomic E-state index is 0.277. The van der Waals surface area contributed by atoms with Crippen LogP contribution in [0.5, 0.6) is 0 Å². The van der Waals surface area contributed by atoms with Crippen LogP contribution in [0, 0.1) is 0 Å². The first kappa shape index (κ1) is 15.5. The SMILES string of the molecule is CN(Cc1cccc(Cl)c1)S(=O)(=O)c1ccc(CN)s1. The van der Waals surface area contributed by atoms with Crippen LogP contribution in [0.25, 0.3) is 0 Å². The summed E-state index contributed by atoms with van der Waals surface area (Å²) in [7, 11) is -1.93. The average Bonchev–Trinajstić information content (AvgIpc) is 2.88. The van der Waals surface area contributed by atoms with Gasteiger partial charge in [0.25, 0.3) is 10.0 Å². The van der Waals surface area contributed by atoms with Gasteiger partial charge in [0.1, 0.15) is 4.21 Å². The van der Waals surface area contributed by atoms with Crippen LogP contribution < -0.4 is 5.73 Å². The third kappa shape index (κ3) is 3.39. The second kappa shape index (κ2) is 6.24. The fraction of sp³-hybridized carbons (Fsp3) is 0.231. The Labute approximate surface area is 127 Å². The van der Waals surface area contributed by atoms with E-state index in [-0.39, 0.29) is 6.54 Å². The first-order valence-electron chi connectivity index (χ1n) is 5.93. The standard InChI is InChI=1S/C13H15ClN2O2S2/c1-16(9-10-3-2-4-11(14)7-10)20(17,18)13-6-5-12(8-15)19-13/h2-7H,8-9,15H2,1H3. The largest absolute Gasteiger partial charge is 0.326 e. The number of rotatable bonds is 5. The van der Waals surface area contributed by atoms with Crippen LogP contribution in [0.3, 0.4) is 0 Å². The molecule has 1 aromatic heterocycles. The minimum Gasteiger partial charge on any atom is -0.326 e. The number of hydrogen-bond acceptors (Lipinski definition) is 4. The monoisotopic (exact) mass is 330 g/mol. The summed E-state index contributed by atoms with van der Waals surface area (Å²) in [5.41, 5.74) is 6.36. The van der Waals surface area contributed by atoms with Gasteiger partial charge in [0, 0.05) is 30.0 Å². The van der Waals surface area contributed by atoms with Gasteiger partial charge in [0.2, 0.25) is 0 Å². The van der Waals surface area contributed by atoms with Crippen molar-refractivity contribution >= 4 is 33.0 Å². The van der Waals surface area contributed by atoms with Gasteiger partial charge in [-0.1, -0.05) is 23.7 Å². The summed E-state index contributed by atoms with van der Waals surface area (Å²) in [5, 5.41) is 0.592. The molecule has 0 radical (unpaired) electrons. The summed E-state index contributed by atoms with van der Waals surface area (Å²) in [4.78, 5) is 0.847. The second-order valence-electron chi connectivity index (χ2n) is 4.32. The minimum atomic E-state index is -3.49. The van der Waals surface area contributed by atoms with Crippen LogP contribution in [-0.4, -0.2) is 19.8 Å². The third-order valence-corrected chi connectivity index (χ3v) is 6.41. The van der Waals surface area contributed by atoms with Gasteiger partial charge in [-0.05, 0) is 29.8 Å². The lowest BCUT2D eigenvalue weighted by Crippen LogP contribution is -2.25. The van der Waals surface area contributed by atoms with Crippen molar-refractivity contribution in [1.29, 1.82) is 0 Å². The third-order valence-electron chi connectivity index (χ3n) is 2.80. The molecule has 108 valence electrons. The van der Waals surface area contributed by atoms with Gasteiger partial charge in [-0.2, -0.15) is 4.31 Å². The summed E-state index contributed by atoms with van der Waals surface area (Å²) in [6, 6.07) is 10.5. The van der Waals surface area contributed by atoms with E-state index in [0.717, 1.165) is 10.4 Å². The summed E-state index contributed by atoms with van der Waals surface area (Å²) >= 11 is 7.10. The Morgan fingerprint density at radius 2 is 2.05 bits per heavy atom. The van der Waals surface area contributed by atoms with Gasteiger partial charge >= 0.3 is 0 Å². The van der Waals surface area contributed by atoms with E-state index in [1.807, 2.05) is 6.07 Å². The molecule has 0 fully saturated rings. The van der Waals surface area contributed by atoms with Crippen LogP contribution >= 0.6 is 22.9 Å². The first-order valence-corrected chi connectivity index (χ1v) is 8.56. The molecule has 0 aliphatic carbocycles. The van der Waals surface area contributed by atoms with Gasteiger partial charge < -0.3 is 5.73 Å². The van der Waals surface area contributed by atoms with Gasteiger partial charge in [0.15, 0.2) is 0 Å². The Bertz CT molecular complexity index is 698. The smallest absolute Gasteiger partial charge is 0.252 e. The molecule has 7 heteroatoms. The summed E-state index contributed by atoms with van der Waals surface area (Å²) in [6.07, 6.45) is 0. The molecular formula is C13H15ClN2O2S2. The van der Waals surface area contributed by atoms with E-state index in [9.17, 15) is 8.42 Å². The fourth-order valence-electron chi connectivity index (χ4n) is 1.74. The Morgan fingerprint density at radius 1 is 1.30 bits per heavy atom. The predicted molar refractivity (Wildman–Crippen MR) is 82.3 cm³/mol. The van der Waals surface area contributed by atoms with Crippen molar-refractivity contribution in [2.75, 3.05) is 7.05 Å². The molecule has 0 aliphatic heterocycles. The zero-order chi connectivity index (χ0) is 14.8. The van der Waals surface area contributed by atoms with E-state index in [2.05, 4.69) is 0 Å². The molecule has 0 saturated carbocycles. The number of nitrogens with zero attached hydrogens (tertiary/aromatic N) is 1. The van der Waals surface area contributed by atoms with E-state index in [4.69, 9.17) is 17.3 Å². The molecule has 0 atom stereocenters. The molecular weight excluding hydrogens is 316 g/mol. The van der Waals surface area contributed by atoms with Crippen LogP contribution in [0.2, 0.25) is 5.02 Å². The lowest BCUT2D eigenvalue weighted by atomic mass is 10.2. The highest BCUT2D eigenvalue weighted by Crippen LogP contribution is 2.25. The maximum atomic E-state index is 12.4. The maximum absolute atomic E-state index is 12.4. The Morgan fingerprint density at radius 3 is 2.65 bits per heavy atom. The number of sulfonamides is 1. The van der Waals surface area contributed by atoms with Crippen LogP contribution in [0.15, 0.2) is 40.6 Å². The van der Waals surface area contributed by atoms with Crippen molar-refractivity contribution < 1.29 is 8.42 Å². The number of thiophene rings is 1. The highest BCUT2D eigenvalue weighted by atomic mass is 35.5. The topological polar surface area (TPSA) is 63.4 Å². The van der Waals surface area contributed by atoms with Crippen molar-refractivity contribution in [2.45, 2.75) is 17.3 Å². The van der Waals surface area contributed by atoms with E-state index >= 15 is 0 Å². The van der Waals surface area contributed by atoms with Crippen LogP contribution in [0.4, 0.5) is 0 Å². The van der Waals surface area contributed by atoms with Crippen molar-refractivity contribution in [2.24, 2.45) is 5.73 Å². The zero-order valence-corrected chi connectivity index (χ0v) is 13.3. The molecule has 0 amide bonds. The number of hydrogen-bond donors (Lipinski definition) is 1. The molecule has 20 heavy (non-hydrogen) atoms. The maximum Gasteiger partial charge on any atom is 0.252 e. The lowest BCUT2D eigenvalue weighted by molar-refractivity contribution is 0.468. The average molecular weight is 331 g/mol. The molecule has 1 heterocycles. The molecule has 0 spiro atoms. The predicted octanol–water partition coefficient (Wildman–Crippen LogP) is 2.68. The molecule has 0 bridgehead atoms. The lowest BCUT2D eigenvalue weighted by Gasteiger charge is -2.16. The molecule has 1 aromatic carbocycles. The van der Waals surface area contributed by atoms with Crippen molar-refractivity contribution in [1.82, 2.24) is 4.31 Å². The van der Waals surface area contributed by atoms with Crippen molar-refractivity contribution in [3.05, 3.63) is 51.9 Å². The van der Waals surface area contributed by atoms with Gasteiger partial charge in [-0.15, -0.1) is 11.3 Å². The van der Waals surface area contributed by atoms with E-state index in [1.165, 1.54) is 15.6 Å². The summed E-state index contributed by atoms with van der Waals surface area (Å²) < 4.78 is 26.4. The Hall–Kier alpha value is -0.920. The molecule has 0 saturated heterocycles. The second-order valence-corrected chi connectivity index (χ2v) is 8.19. The summed E-state index contributed by atoms with van der Waals surface area (Å²) in [5.74, 6) is 0. The van der Waals surface area contributed by atoms with Crippen molar-refractivity contribution in [3.8, 4) is 0 Å². The Balaban J connectivity index is 2.21. The zero-order valence-electron chi connectivity index (χ0n) is 10.9. The highest BCUT2D eigenvalue weighted by Gasteiger charge is 2.22. The quantitative estimate of drug-likeness (QED) is 0.916. The van der Waals surface area contributed by atoms with E-state index in [0.29, 0.717) is 15.8 Å². The molecule has 0 aliphatic rings. The van der Waals surface area contributed by atoms with Crippen LogP contribution in [0.1, 0.15) is 10.4 Å². The highest BCUT2D eigenvalue weighted by molar-refractivity contribution is 7.91. The van der Waals surface area contributed by atoms with Gasteiger partial charge in [0.05, 0.1) is 0 Å². The number of benzene rings is 1. The normalized spacial score (nSPS) is 12.0. The molecule has 2 rings (SSSR count). The van der Waals surface area contributed by atoms with E-state index in [1.54, 1.807) is 37.4 Å². The molecule has 2 aromatic rings. The molecule has 0 unspecified atom stereocenters. The molecule has 4 nitrogen and oxygen atoms in total. The number of nitrogens with two attached hydrogens (primary N) is 1. The van der Waals surface area contributed by atoms with Gasteiger partial charge in [-0.3, -0.25) is 0 Å². The van der Waals surface area contributed by atoms with Crippen LogP contribution in [-0.2, 0) is 23.1 Å². The Kier molecular flexibility index (Phi) is 4.82. The summed E-state index contributed by atoms with van der Waals surface area (Å²) in [6.45, 7) is 0.622. The number of halogens is 1. The van der Waals surface area contributed by atoms with Crippen molar-refractivity contribution in [3.63, 3.8) is 0 Å².